The van der Waals surface area contributed by atoms with Crippen LogP contribution in [-0.4, -0.2) is 49.6 Å². The van der Waals surface area contributed by atoms with E-state index in [1.807, 2.05) is 6.92 Å². The van der Waals surface area contributed by atoms with Crippen LogP contribution in [0.25, 0.3) is 0 Å². The number of β-amino-alcohol motifs (C(OH)–C–C–N with tert-alkyl or cyclic N) is 1. The molecule has 0 aromatic rings. The molecule has 0 spiro atoms. The summed E-state index contributed by atoms with van der Waals surface area (Å²) in [5, 5.41) is 12.0. The molecule has 5 nitrogen and oxygen atoms in total. The fraction of sp³-hybridized carbons (Fsp3) is 0.889. The molecule has 0 saturated carbocycles. The highest BCUT2D eigenvalue weighted by Crippen LogP contribution is 2.07. The molecule has 2 N–H and O–H groups in total. The summed E-state index contributed by atoms with van der Waals surface area (Å²) in [6.45, 7) is 3.68. The number of ether oxygens (including phenoxy) is 2. The maximum atomic E-state index is 11.3. The number of hydrogen-bond acceptors (Lipinski definition) is 5. The summed E-state index contributed by atoms with van der Waals surface area (Å²) < 4.78 is 9.96. The van der Waals surface area contributed by atoms with E-state index in [4.69, 9.17) is 14.6 Å². The third kappa shape index (κ3) is 3.61. The molecular weight excluding hydrogens is 186 g/mol. The molecule has 0 aromatic carbocycles. The third-order valence-corrected chi connectivity index (χ3v) is 2.07. The summed E-state index contributed by atoms with van der Waals surface area (Å²) in [6.07, 6.45) is 0.00689. The fourth-order valence-electron chi connectivity index (χ4n) is 1.34. The van der Waals surface area contributed by atoms with Crippen molar-refractivity contribution in [3.63, 3.8) is 0 Å². The van der Waals surface area contributed by atoms with Crippen LogP contribution in [0.1, 0.15) is 13.3 Å². The molecule has 1 heterocycles. The van der Waals surface area contributed by atoms with Gasteiger partial charge >= 0.3 is 5.97 Å². The van der Waals surface area contributed by atoms with Crippen molar-refractivity contribution in [1.29, 1.82) is 0 Å². The first kappa shape index (κ1) is 11.4. The molecule has 0 bridgehead atoms. The smallest absolute Gasteiger partial charge is 0.323 e. The standard InChI is InChI=1S/C9H17NO4/c1-2-13-3-4-14-9(12)8-5-7(11)6-10-8/h7-8,10-11H,2-6H2,1H3. The highest BCUT2D eigenvalue weighted by Gasteiger charge is 2.28. The van der Waals surface area contributed by atoms with Crippen molar-refractivity contribution in [1.82, 2.24) is 5.32 Å². The molecule has 2 unspecified atom stereocenters. The van der Waals surface area contributed by atoms with Crippen LogP contribution in [0.3, 0.4) is 0 Å². The largest absolute Gasteiger partial charge is 0.462 e. The fourth-order valence-corrected chi connectivity index (χ4v) is 1.34. The predicted molar refractivity (Wildman–Crippen MR) is 49.9 cm³/mol. The highest BCUT2D eigenvalue weighted by atomic mass is 16.6. The minimum absolute atomic E-state index is 0.279. The van der Waals surface area contributed by atoms with E-state index in [0.29, 0.717) is 26.2 Å². The van der Waals surface area contributed by atoms with Crippen LogP contribution in [0, 0.1) is 0 Å². The van der Waals surface area contributed by atoms with Crippen LogP contribution in [0.2, 0.25) is 0 Å². The average Bonchev–Trinajstić information content (AvgIpc) is 2.59. The van der Waals surface area contributed by atoms with Gasteiger partial charge in [-0.3, -0.25) is 4.79 Å². The Bertz CT molecular complexity index is 186. The van der Waals surface area contributed by atoms with E-state index in [0.717, 1.165) is 0 Å². The molecule has 1 saturated heterocycles. The van der Waals surface area contributed by atoms with Gasteiger partial charge in [0.25, 0.3) is 0 Å². The summed E-state index contributed by atoms with van der Waals surface area (Å²) in [6, 6.07) is -0.355. The molecule has 1 aliphatic heterocycles. The second-order valence-electron chi connectivity index (χ2n) is 3.21. The van der Waals surface area contributed by atoms with E-state index in [-0.39, 0.29) is 18.6 Å². The lowest BCUT2D eigenvalue weighted by Crippen LogP contribution is -2.33. The van der Waals surface area contributed by atoms with Gasteiger partial charge in [-0.15, -0.1) is 0 Å². The number of aliphatic hydroxyl groups excluding tert-OH is 1. The second kappa shape index (κ2) is 5.95. The second-order valence-corrected chi connectivity index (χ2v) is 3.21. The molecule has 1 rings (SSSR count). The Morgan fingerprint density at radius 1 is 1.57 bits per heavy atom. The SMILES string of the molecule is CCOCCOC(=O)C1CC(O)CN1. The quantitative estimate of drug-likeness (QED) is 0.456. The Morgan fingerprint density at radius 2 is 2.36 bits per heavy atom. The normalized spacial score (nSPS) is 26.4. The minimum atomic E-state index is -0.431. The molecular formula is C9H17NO4. The summed E-state index contributed by atoms with van der Waals surface area (Å²) in [4.78, 5) is 11.3. The van der Waals surface area contributed by atoms with Crippen LogP contribution < -0.4 is 5.32 Å². The molecule has 82 valence electrons. The molecule has 0 aromatic heterocycles. The maximum Gasteiger partial charge on any atom is 0.323 e. The first-order valence-corrected chi connectivity index (χ1v) is 4.90. The number of carbonyl (C=O) groups excluding carboxylic acids is 1. The predicted octanol–water partition coefficient (Wildman–Crippen LogP) is -0.711. The molecule has 14 heavy (non-hydrogen) atoms. The Hall–Kier alpha value is -0.650. The zero-order valence-corrected chi connectivity index (χ0v) is 8.36. The van der Waals surface area contributed by atoms with Crippen LogP contribution in [0.4, 0.5) is 0 Å². The van der Waals surface area contributed by atoms with Gasteiger partial charge in [-0.05, 0) is 6.92 Å². The molecule has 0 amide bonds. The number of aliphatic hydroxyl groups is 1. The van der Waals surface area contributed by atoms with E-state index in [9.17, 15) is 4.79 Å². The van der Waals surface area contributed by atoms with E-state index in [2.05, 4.69) is 5.32 Å². The lowest BCUT2D eigenvalue weighted by atomic mass is 10.2. The van der Waals surface area contributed by atoms with Gasteiger partial charge in [-0.2, -0.15) is 0 Å². The van der Waals surface area contributed by atoms with Crippen molar-refractivity contribution in [2.24, 2.45) is 0 Å². The minimum Gasteiger partial charge on any atom is -0.462 e. The topological polar surface area (TPSA) is 67.8 Å². The number of hydrogen-bond donors (Lipinski definition) is 2. The molecule has 1 fully saturated rings. The summed E-state index contributed by atoms with van der Waals surface area (Å²) in [7, 11) is 0. The number of esters is 1. The van der Waals surface area contributed by atoms with Gasteiger partial charge in [-0.25, -0.2) is 0 Å². The van der Waals surface area contributed by atoms with Crippen LogP contribution >= 0.6 is 0 Å². The van der Waals surface area contributed by atoms with Crippen LogP contribution in [0.15, 0.2) is 0 Å². The van der Waals surface area contributed by atoms with Crippen molar-refractivity contribution >= 4 is 5.97 Å². The van der Waals surface area contributed by atoms with Crippen molar-refractivity contribution in [2.75, 3.05) is 26.4 Å². The average molecular weight is 203 g/mol. The van der Waals surface area contributed by atoms with E-state index in [1.54, 1.807) is 0 Å². The molecule has 2 atom stereocenters. The van der Waals surface area contributed by atoms with Gasteiger partial charge < -0.3 is 19.9 Å². The monoisotopic (exact) mass is 203 g/mol. The van der Waals surface area contributed by atoms with Gasteiger partial charge in [0, 0.05) is 19.6 Å². The lowest BCUT2D eigenvalue weighted by molar-refractivity contribution is -0.147. The Labute approximate surface area is 83.4 Å². The highest BCUT2D eigenvalue weighted by molar-refractivity contribution is 5.76. The van der Waals surface area contributed by atoms with Crippen molar-refractivity contribution in [3.05, 3.63) is 0 Å². The zero-order valence-electron chi connectivity index (χ0n) is 8.36. The first-order valence-electron chi connectivity index (χ1n) is 4.90. The Balaban J connectivity index is 2.09. The van der Waals surface area contributed by atoms with E-state index in [1.165, 1.54) is 0 Å². The van der Waals surface area contributed by atoms with Gasteiger partial charge in [0.1, 0.15) is 12.6 Å². The summed E-state index contributed by atoms with van der Waals surface area (Å²) >= 11 is 0. The molecule has 5 heteroatoms. The van der Waals surface area contributed by atoms with E-state index < -0.39 is 6.10 Å². The maximum absolute atomic E-state index is 11.3. The van der Waals surface area contributed by atoms with Crippen molar-refractivity contribution in [2.45, 2.75) is 25.5 Å². The Kier molecular flexibility index (Phi) is 4.86. The first-order chi connectivity index (χ1) is 6.74. The number of carbonyl (C=O) groups is 1. The molecule has 1 aliphatic rings. The van der Waals surface area contributed by atoms with Gasteiger partial charge in [0.05, 0.1) is 12.7 Å². The number of nitrogens with one attached hydrogen (secondary N) is 1. The van der Waals surface area contributed by atoms with Gasteiger partial charge in [-0.1, -0.05) is 0 Å². The third-order valence-electron chi connectivity index (χ3n) is 2.07. The Morgan fingerprint density at radius 3 is 2.93 bits per heavy atom. The van der Waals surface area contributed by atoms with Gasteiger partial charge in [0.2, 0.25) is 0 Å². The zero-order chi connectivity index (χ0) is 10.4. The molecule has 0 aliphatic carbocycles. The van der Waals surface area contributed by atoms with Crippen LogP contribution in [-0.2, 0) is 14.3 Å². The van der Waals surface area contributed by atoms with E-state index >= 15 is 0 Å². The van der Waals surface area contributed by atoms with Gasteiger partial charge in [0.15, 0.2) is 0 Å². The summed E-state index contributed by atoms with van der Waals surface area (Å²) in [5.41, 5.74) is 0. The lowest BCUT2D eigenvalue weighted by Gasteiger charge is -2.09. The van der Waals surface area contributed by atoms with Crippen molar-refractivity contribution in [3.8, 4) is 0 Å². The number of rotatable bonds is 5. The summed E-state index contributed by atoms with van der Waals surface area (Å²) in [5.74, 6) is -0.304. The molecule has 0 radical (unpaired) electrons. The van der Waals surface area contributed by atoms with Crippen LogP contribution in [0.5, 0.6) is 0 Å². The van der Waals surface area contributed by atoms with Crippen molar-refractivity contribution < 1.29 is 19.4 Å².